The van der Waals surface area contributed by atoms with Crippen LogP contribution < -0.4 is 5.32 Å². The van der Waals surface area contributed by atoms with Crippen LogP contribution in [0.4, 0.5) is 0 Å². The Bertz CT molecular complexity index is 550. The molecule has 0 spiro atoms. The average Bonchev–Trinajstić information content (AvgIpc) is 2.46. The number of carbonyl (C=O) groups is 2. The maximum atomic E-state index is 11.9. The molecular formula is C16H22Cl2N2O3. The Balaban J connectivity index is 2.68. The number of carbonyl (C=O) groups excluding carboxylic acids is 1. The monoisotopic (exact) mass is 360 g/mol. The van der Waals surface area contributed by atoms with E-state index >= 15 is 0 Å². The maximum Gasteiger partial charge on any atom is 0.322 e. The Morgan fingerprint density at radius 3 is 2.52 bits per heavy atom. The van der Waals surface area contributed by atoms with Crippen LogP contribution in [0.1, 0.15) is 25.8 Å². The number of hydrogen-bond acceptors (Lipinski definition) is 3. The van der Waals surface area contributed by atoms with Crippen LogP contribution in [-0.2, 0) is 16.1 Å². The van der Waals surface area contributed by atoms with Gasteiger partial charge in [-0.3, -0.25) is 14.5 Å². The predicted octanol–water partition coefficient (Wildman–Crippen LogP) is 3.04. The fourth-order valence-corrected chi connectivity index (χ4v) is 2.30. The summed E-state index contributed by atoms with van der Waals surface area (Å²) < 4.78 is 0. The van der Waals surface area contributed by atoms with Crippen molar-refractivity contribution in [2.45, 2.75) is 26.8 Å². The van der Waals surface area contributed by atoms with E-state index in [-0.39, 0.29) is 19.0 Å². The van der Waals surface area contributed by atoms with Gasteiger partial charge in [0.2, 0.25) is 5.91 Å². The second-order valence-corrected chi connectivity index (χ2v) is 6.63. The van der Waals surface area contributed by atoms with E-state index in [0.29, 0.717) is 22.5 Å². The van der Waals surface area contributed by atoms with Crippen molar-refractivity contribution < 1.29 is 14.7 Å². The summed E-state index contributed by atoms with van der Waals surface area (Å²) in [6.45, 7) is 5.27. The lowest BCUT2D eigenvalue weighted by molar-refractivity contribution is -0.138. The molecule has 5 nitrogen and oxygen atoms in total. The van der Waals surface area contributed by atoms with Gasteiger partial charge in [-0.25, -0.2) is 0 Å². The molecule has 1 aromatic rings. The summed E-state index contributed by atoms with van der Waals surface area (Å²) in [6.07, 6.45) is 0.938. The van der Waals surface area contributed by atoms with Crippen LogP contribution in [0, 0.1) is 5.92 Å². The second kappa shape index (κ2) is 9.75. The van der Waals surface area contributed by atoms with E-state index < -0.39 is 5.97 Å². The van der Waals surface area contributed by atoms with E-state index in [9.17, 15) is 9.59 Å². The van der Waals surface area contributed by atoms with Crippen LogP contribution in [-0.4, -0.2) is 41.5 Å². The fraction of sp³-hybridized carbons (Fsp3) is 0.500. The number of hydrogen-bond donors (Lipinski definition) is 2. The summed E-state index contributed by atoms with van der Waals surface area (Å²) in [5, 5.41) is 12.0. The summed E-state index contributed by atoms with van der Waals surface area (Å²) in [4.78, 5) is 24.3. The topological polar surface area (TPSA) is 69.6 Å². The molecule has 0 aromatic heterocycles. The molecule has 0 aliphatic rings. The number of rotatable bonds is 9. The lowest BCUT2D eigenvalue weighted by Gasteiger charge is -2.23. The van der Waals surface area contributed by atoms with Gasteiger partial charge in [0.1, 0.15) is 6.54 Å². The number of benzene rings is 1. The SMILES string of the molecule is CC(C)CCN(CC(=O)NCC(=O)O)Cc1ccc(Cl)c(Cl)c1. The first-order valence-corrected chi connectivity index (χ1v) is 8.18. The molecule has 7 heteroatoms. The summed E-state index contributed by atoms with van der Waals surface area (Å²) in [6, 6.07) is 5.37. The molecule has 0 fully saturated rings. The summed E-state index contributed by atoms with van der Waals surface area (Å²) in [5.41, 5.74) is 0.953. The van der Waals surface area contributed by atoms with Gasteiger partial charge in [-0.2, -0.15) is 0 Å². The van der Waals surface area contributed by atoms with Gasteiger partial charge in [0.15, 0.2) is 0 Å². The van der Waals surface area contributed by atoms with Crippen LogP contribution in [0.3, 0.4) is 0 Å². The van der Waals surface area contributed by atoms with E-state index in [4.69, 9.17) is 28.3 Å². The Kier molecular flexibility index (Phi) is 8.37. The second-order valence-electron chi connectivity index (χ2n) is 5.81. The zero-order chi connectivity index (χ0) is 17.4. The molecule has 0 saturated carbocycles. The van der Waals surface area contributed by atoms with Crippen molar-refractivity contribution in [1.82, 2.24) is 10.2 Å². The van der Waals surface area contributed by atoms with E-state index in [1.807, 2.05) is 11.0 Å². The Morgan fingerprint density at radius 1 is 1.26 bits per heavy atom. The van der Waals surface area contributed by atoms with Gasteiger partial charge in [-0.15, -0.1) is 0 Å². The van der Waals surface area contributed by atoms with Crippen LogP contribution in [0.25, 0.3) is 0 Å². The molecule has 23 heavy (non-hydrogen) atoms. The van der Waals surface area contributed by atoms with Crippen molar-refractivity contribution in [2.75, 3.05) is 19.6 Å². The maximum absolute atomic E-state index is 11.9. The number of nitrogens with one attached hydrogen (secondary N) is 1. The van der Waals surface area contributed by atoms with E-state index in [0.717, 1.165) is 18.5 Å². The molecule has 128 valence electrons. The highest BCUT2D eigenvalue weighted by Crippen LogP contribution is 2.23. The number of carboxylic acids is 1. The number of aliphatic carboxylic acids is 1. The molecule has 0 aliphatic carbocycles. The zero-order valence-electron chi connectivity index (χ0n) is 13.3. The van der Waals surface area contributed by atoms with Crippen molar-refractivity contribution in [3.8, 4) is 0 Å². The summed E-state index contributed by atoms with van der Waals surface area (Å²) in [5.74, 6) is -0.860. The van der Waals surface area contributed by atoms with Crippen LogP contribution in [0.5, 0.6) is 0 Å². The third-order valence-corrected chi connectivity index (χ3v) is 3.96. The lowest BCUT2D eigenvalue weighted by atomic mass is 10.1. The molecule has 0 aliphatic heterocycles. The van der Waals surface area contributed by atoms with Gasteiger partial charge < -0.3 is 10.4 Å². The number of nitrogens with zero attached hydrogens (tertiary/aromatic N) is 1. The quantitative estimate of drug-likeness (QED) is 0.709. The van der Waals surface area contributed by atoms with Crippen LogP contribution in [0.15, 0.2) is 18.2 Å². The highest BCUT2D eigenvalue weighted by Gasteiger charge is 2.13. The minimum Gasteiger partial charge on any atom is -0.480 e. The first-order chi connectivity index (χ1) is 10.8. The smallest absolute Gasteiger partial charge is 0.322 e. The molecule has 0 heterocycles. The van der Waals surface area contributed by atoms with Gasteiger partial charge in [-0.1, -0.05) is 43.1 Å². The number of amides is 1. The first-order valence-electron chi connectivity index (χ1n) is 7.42. The number of halogens is 2. The average molecular weight is 361 g/mol. The van der Waals surface area contributed by atoms with E-state index in [2.05, 4.69) is 19.2 Å². The molecular weight excluding hydrogens is 339 g/mol. The molecule has 1 amide bonds. The van der Waals surface area contributed by atoms with Gasteiger partial charge in [-0.05, 0) is 36.6 Å². The van der Waals surface area contributed by atoms with Gasteiger partial charge in [0, 0.05) is 6.54 Å². The Labute approximate surface area is 146 Å². The van der Waals surface area contributed by atoms with Crippen molar-refractivity contribution in [2.24, 2.45) is 5.92 Å². The molecule has 2 N–H and O–H groups in total. The third kappa shape index (κ3) is 8.21. The van der Waals surface area contributed by atoms with Crippen molar-refractivity contribution >= 4 is 35.1 Å². The normalized spacial score (nSPS) is 11.0. The van der Waals surface area contributed by atoms with E-state index in [1.165, 1.54) is 0 Å². The van der Waals surface area contributed by atoms with Crippen molar-refractivity contribution in [3.63, 3.8) is 0 Å². The highest BCUT2D eigenvalue weighted by molar-refractivity contribution is 6.42. The predicted molar refractivity (Wildman–Crippen MR) is 91.8 cm³/mol. The van der Waals surface area contributed by atoms with E-state index in [1.54, 1.807) is 12.1 Å². The Morgan fingerprint density at radius 2 is 1.96 bits per heavy atom. The molecule has 0 bridgehead atoms. The summed E-state index contributed by atoms with van der Waals surface area (Å²) >= 11 is 11.9. The standard InChI is InChI=1S/C16H22Cl2N2O3/c1-11(2)5-6-20(10-15(21)19-8-16(22)23)9-12-3-4-13(17)14(18)7-12/h3-4,7,11H,5-6,8-10H2,1-2H3,(H,19,21)(H,22,23). The van der Waals surface area contributed by atoms with Gasteiger partial charge in [0.25, 0.3) is 0 Å². The minimum atomic E-state index is -1.06. The molecule has 0 unspecified atom stereocenters. The van der Waals surface area contributed by atoms with Crippen LogP contribution in [0.2, 0.25) is 10.0 Å². The fourth-order valence-electron chi connectivity index (χ4n) is 1.98. The molecule has 0 atom stereocenters. The Hall–Kier alpha value is -1.30. The molecule has 0 radical (unpaired) electrons. The molecule has 0 saturated heterocycles. The van der Waals surface area contributed by atoms with Crippen LogP contribution >= 0.6 is 23.2 Å². The minimum absolute atomic E-state index is 0.139. The van der Waals surface area contributed by atoms with Crippen molar-refractivity contribution in [3.05, 3.63) is 33.8 Å². The molecule has 1 aromatic carbocycles. The van der Waals surface area contributed by atoms with Gasteiger partial charge >= 0.3 is 5.97 Å². The highest BCUT2D eigenvalue weighted by atomic mass is 35.5. The molecule has 1 rings (SSSR count). The lowest BCUT2D eigenvalue weighted by Crippen LogP contribution is -2.39. The summed E-state index contributed by atoms with van der Waals surface area (Å²) in [7, 11) is 0. The number of carboxylic acid groups (broad SMARTS) is 1. The zero-order valence-corrected chi connectivity index (χ0v) is 14.8. The first kappa shape index (κ1) is 19.7. The van der Waals surface area contributed by atoms with Gasteiger partial charge in [0.05, 0.1) is 16.6 Å². The largest absolute Gasteiger partial charge is 0.480 e. The van der Waals surface area contributed by atoms with Crippen molar-refractivity contribution in [1.29, 1.82) is 0 Å². The third-order valence-electron chi connectivity index (χ3n) is 3.22.